The Labute approximate surface area is 158 Å². The molecule has 0 radical (unpaired) electrons. The van der Waals surface area contributed by atoms with Crippen LogP contribution in [-0.2, 0) is 27.2 Å². The van der Waals surface area contributed by atoms with Crippen molar-refractivity contribution in [3.8, 4) is 6.07 Å². The molecule has 1 aromatic rings. The van der Waals surface area contributed by atoms with Crippen molar-refractivity contribution in [2.75, 3.05) is 5.32 Å². The lowest BCUT2D eigenvalue weighted by atomic mass is 9.82. The average Bonchev–Trinajstić information content (AvgIpc) is 2.98. The molecule has 0 bridgehead atoms. The minimum Gasteiger partial charge on any atom is -0.463 e. The van der Waals surface area contributed by atoms with E-state index in [0.29, 0.717) is 23.4 Å². The monoisotopic (exact) mass is 372 g/mol. The van der Waals surface area contributed by atoms with Gasteiger partial charge in [-0.15, -0.1) is 11.3 Å². The second-order valence-electron chi connectivity index (χ2n) is 7.16. The Hall–Kier alpha value is -2.13. The van der Waals surface area contributed by atoms with Gasteiger partial charge in [0.1, 0.15) is 11.1 Å². The third-order valence-corrected chi connectivity index (χ3v) is 6.15. The summed E-state index contributed by atoms with van der Waals surface area (Å²) in [6.07, 6.45) is 8.78. The average molecular weight is 372 g/mol. The van der Waals surface area contributed by atoms with Crippen molar-refractivity contribution in [2.45, 2.75) is 58.5 Å². The highest BCUT2D eigenvalue weighted by Gasteiger charge is 2.36. The molecule has 5 nitrogen and oxygen atoms in total. The predicted molar refractivity (Wildman–Crippen MR) is 101 cm³/mol. The standard InChI is InChI=1S/C20H24N2O3S/c1-12(2)25-20(24)15-9-4-3-8-14(15)18(23)22-19-16(11-21)13-7-5-6-10-17(13)26-19/h3-4,12,14-15H,5-10H2,1-2H3,(H,22,23)/t14-,15-/m1/s1. The second kappa shape index (κ2) is 8.05. The number of esters is 1. The normalized spacial score (nSPS) is 21.8. The molecule has 1 heterocycles. The fourth-order valence-corrected chi connectivity index (χ4v) is 4.90. The zero-order valence-corrected chi connectivity index (χ0v) is 16.0. The molecule has 6 heteroatoms. The predicted octanol–water partition coefficient (Wildman–Crippen LogP) is 3.97. The Balaban J connectivity index is 1.78. The molecule has 0 aliphatic heterocycles. The van der Waals surface area contributed by atoms with Crippen LogP contribution in [0.2, 0.25) is 0 Å². The van der Waals surface area contributed by atoms with Crippen LogP contribution in [0.1, 0.15) is 55.5 Å². The highest BCUT2D eigenvalue weighted by Crippen LogP contribution is 2.38. The lowest BCUT2D eigenvalue weighted by molar-refractivity contribution is -0.156. The van der Waals surface area contributed by atoms with Crippen LogP contribution in [0.15, 0.2) is 12.2 Å². The lowest BCUT2D eigenvalue weighted by Crippen LogP contribution is -2.36. The van der Waals surface area contributed by atoms with Crippen LogP contribution >= 0.6 is 11.3 Å². The molecule has 26 heavy (non-hydrogen) atoms. The summed E-state index contributed by atoms with van der Waals surface area (Å²) in [6.45, 7) is 3.61. The fraction of sp³-hybridized carbons (Fsp3) is 0.550. The Bertz CT molecular complexity index is 773. The largest absolute Gasteiger partial charge is 0.463 e. The number of anilines is 1. The van der Waals surface area contributed by atoms with E-state index in [0.717, 1.165) is 31.2 Å². The number of allylic oxidation sites excluding steroid dienone is 2. The minimum absolute atomic E-state index is 0.199. The van der Waals surface area contributed by atoms with Crippen molar-refractivity contribution in [1.29, 1.82) is 5.26 Å². The zero-order chi connectivity index (χ0) is 18.7. The third-order valence-electron chi connectivity index (χ3n) is 4.94. The van der Waals surface area contributed by atoms with E-state index in [9.17, 15) is 14.9 Å². The summed E-state index contributed by atoms with van der Waals surface area (Å²) in [7, 11) is 0. The molecule has 3 rings (SSSR count). The van der Waals surface area contributed by atoms with Gasteiger partial charge in [0.2, 0.25) is 5.91 Å². The zero-order valence-electron chi connectivity index (χ0n) is 15.2. The number of nitrogens with one attached hydrogen (secondary N) is 1. The highest BCUT2D eigenvalue weighted by atomic mass is 32.1. The van der Waals surface area contributed by atoms with Crippen LogP contribution in [0.3, 0.4) is 0 Å². The Morgan fingerprint density at radius 1 is 1.23 bits per heavy atom. The van der Waals surface area contributed by atoms with Crippen molar-refractivity contribution in [1.82, 2.24) is 0 Å². The van der Waals surface area contributed by atoms with Crippen LogP contribution in [0.25, 0.3) is 0 Å². The van der Waals surface area contributed by atoms with E-state index in [2.05, 4.69) is 11.4 Å². The number of carbonyl (C=O) groups is 2. The Morgan fingerprint density at radius 2 is 1.92 bits per heavy atom. The number of nitriles is 1. The van der Waals surface area contributed by atoms with E-state index in [-0.39, 0.29) is 18.0 Å². The maximum Gasteiger partial charge on any atom is 0.310 e. The summed E-state index contributed by atoms with van der Waals surface area (Å²) in [4.78, 5) is 26.5. The molecule has 1 N–H and O–H groups in total. The summed E-state index contributed by atoms with van der Waals surface area (Å²) in [6, 6.07) is 2.26. The first-order valence-corrected chi connectivity index (χ1v) is 10.0. The number of hydrogen-bond acceptors (Lipinski definition) is 5. The molecule has 2 atom stereocenters. The van der Waals surface area contributed by atoms with Gasteiger partial charge in [0.15, 0.2) is 0 Å². The number of nitrogens with zero attached hydrogens (tertiary/aromatic N) is 1. The molecule has 0 unspecified atom stereocenters. The van der Waals surface area contributed by atoms with Crippen molar-refractivity contribution in [3.05, 3.63) is 28.2 Å². The van der Waals surface area contributed by atoms with Gasteiger partial charge in [-0.3, -0.25) is 9.59 Å². The van der Waals surface area contributed by atoms with Gasteiger partial charge in [0.05, 0.1) is 23.5 Å². The van der Waals surface area contributed by atoms with Gasteiger partial charge in [-0.05, 0) is 57.9 Å². The van der Waals surface area contributed by atoms with Crippen LogP contribution in [-0.4, -0.2) is 18.0 Å². The molecule has 0 saturated carbocycles. The van der Waals surface area contributed by atoms with Gasteiger partial charge in [-0.25, -0.2) is 0 Å². The van der Waals surface area contributed by atoms with Crippen LogP contribution in [0.4, 0.5) is 5.00 Å². The molecule has 0 spiro atoms. The molecular weight excluding hydrogens is 348 g/mol. The summed E-state index contributed by atoms with van der Waals surface area (Å²) in [5.74, 6) is -1.45. The van der Waals surface area contributed by atoms with Crippen molar-refractivity contribution < 1.29 is 14.3 Å². The van der Waals surface area contributed by atoms with Gasteiger partial charge in [-0.2, -0.15) is 5.26 Å². The van der Waals surface area contributed by atoms with Crippen molar-refractivity contribution in [3.63, 3.8) is 0 Å². The van der Waals surface area contributed by atoms with Gasteiger partial charge >= 0.3 is 5.97 Å². The van der Waals surface area contributed by atoms with E-state index in [1.807, 2.05) is 12.2 Å². The molecule has 138 valence electrons. The van der Waals surface area contributed by atoms with E-state index in [1.165, 1.54) is 16.2 Å². The van der Waals surface area contributed by atoms with E-state index < -0.39 is 11.8 Å². The lowest BCUT2D eigenvalue weighted by Gasteiger charge is -2.26. The summed E-state index contributed by atoms with van der Waals surface area (Å²) >= 11 is 1.51. The number of thiophene rings is 1. The third kappa shape index (κ3) is 3.83. The second-order valence-corrected chi connectivity index (χ2v) is 8.26. The number of hydrogen-bond donors (Lipinski definition) is 1. The van der Waals surface area contributed by atoms with Gasteiger partial charge in [0.25, 0.3) is 0 Å². The minimum atomic E-state index is -0.470. The Kier molecular flexibility index (Phi) is 5.77. The molecule has 1 amide bonds. The first kappa shape index (κ1) is 18.7. The molecular formula is C20H24N2O3S. The van der Waals surface area contributed by atoms with Gasteiger partial charge in [-0.1, -0.05) is 12.2 Å². The number of carbonyl (C=O) groups excluding carboxylic acids is 2. The molecule has 0 fully saturated rings. The summed E-state index contributed by atoms with van der Waals surface area (Å²) in [5, 5.41) is 13.1. The maximum absolute atomic E-state index is 12.9. The highest BCUT2D eigenvalue weighted by molar-refractivity contribution is 7.16. The molecule has 2 aliphatic carbocycles. The van der Waals surface area contributed by atoms with Crippen LogP contribution < -0.4 is 5.32 Å². The number of fused-ring (bicyclic) bond motifs is 1. The summed E-state index contributed by atoms with van der Waals surface area (Å²) < 4.78 is 5.33. The quantitative estimate of drug-likeness (QED) is 0.641. The first-order valence-electron chi connectivity index (χ1n) is 9.22. The van der Waals surface area contributed by atoms with Crippen molar-refractivity contribution >= 4 is 28.2 Å². The summed E-state index contributed by atoms with van der Waals surface area (Å²) in [5.41, 5.74) is 1.70. The fourth-order valence-electron chi connectivity index (χ4n) is 3.66. The smallest absolute Gasteiger partial charge is 0.310 e. The number of aryl methyl sites for hydroxylation is 1. The molecule has 0 saturated heterocycles. The Morgan fingerprint density at radius 3 is 2.62 bits per heavy atom. The van der Waals surface area contributed by atoms with E-state index >= 15 is 0 Å². The maximum atomic E-state index is 12.9. The van der Waals surface area contributed by atoms with Crippen LogP contribution in [0, 0.1) is 23.2 Å². The number of rotatable bonds is 4. The first-order chi connectivity index (χ1) is 12.5. The molecule has 0 aromatic carbocycles. The van der Waals surface area contributed by atoms with Gasteiger partial charge in [0, 0.05) is 4.88 Å². The van der Waals surface area contributed by atoms with Crippen molar-refractivity contribution in [2.24, 2.45) is 11.8 Å². The number of amides is 1. The van der Waals surface area contributed by atoms with Gasteiger partial charge < -0.3 is 10.1 Å². The number of ether oxygens (including phenoxy) is 1. The topological polar surface area (TPSA) is 79.2 Å². The SMILES string of the molecule is CC(C)OC(=O)[C@@H]1CC=CC[C@H]1C(=O)Nc1sc2c(c1C#N)CCCC2. The van der Waals surface area contributed by atoms with E-state index in [4.69, 9.17) is 4.74 Å². The van der Waals surface area contributed by atoms with Crippen LogP contribution in [0.5, 0.6) is 0 Å². The molecule has 1 aromatic heterocycles. The van der Waals surface area contributed by atoms with E-state index in [1.54, 1.807) is 13.8 Å². The molecule has 2 aliphatic rings.